The molecule has 3 rings (SSSR count). The van der Waals surface area contributed by atoms with Crippen molar-refractivity contribution in [1.29, 1.82) is 0 Å². The van der Waals surface area contributed by atoms with E-state index in [-0.39, 0.29) is 35.3 Å². The van der Waals surface area contributed by atoms with E-state index >= 15 is 0 Å². The van der Waals surface area contributed by atoms with Gasteiger partial charge in [0.2, 0.25) is 5.91 Å². The van der Waals surface area contributed by atoms with Crippen molar-refractivity contribution in [2.75, 3.05) is 45.8 Å². The number of guanidine groups is 1. The average molecular weight is 491 g/mol. The van der Waals surface area contributed by atoms with Crippen LogP contribution in [-0.4, -0.2) is 73.5 Å². The molecule has 0 aromatic heterocycles. The van der Waals surface area contributed by atoms with Crippen molar-refractivity contribution in [3.8, 4) is 0 Å². The minimum Gasteiger partial charge on any atom is -0.357 e. The summed E-state index contributed by atoms with van der Waals surface area (Å²) in [5.74, 6) is 1.92. The lowest BCUT2D eigenvalue weighted by Gasteiger charge is -2.41. The van der Waals surface area contributed by atoms with Gasteiger partial charge >= 0.3 is 0 Å². The van der Waals surface area contributed by atoms with Gasteiger partial charge < -0.3 is 20.4 Å². The molecule has 0 aromatic carbocycles. The molecule has 3 aliphatic rings. The van der Waals surface area contributed by atoms with E-state index in [0.717, 1.165) is 51.5 Å². The summed E-state index contributed by atoms with van der Waals surface area (Å²) in [6.07, 6.45) is 5.54. The summed E-state index contributed by atoms with van der Waals surface area (Å²) in [6.45, 7) is 13.7. The van der Waals surface area contributed by atoms with Gasteiger partial charge in [0.1, 0.15) is 0 Å². The van der Waals surface area contributed by atoms with Crippen molar-refractivity contribution >= 4 is 35.8 Å². The number of carbonyl (C=O) groups is 1. The predicted molar refractivity (Wildman–Crippen MR) is 122 cm³/mol. The molecule has 3 aliphatic heterocycles. The zero-order valence-electron chi connectivity index (χ0n) is 17.3. The molecule has 156 valence electrons. The molecule has 7 heteroatoms. The van der Waals surface area contributed by atoms with Crippen LogP contribution in [0.25, 0.3) is 0 Å². The fourth-order valence-corrected chi connectivity index (χ4v) is 4.79. The Morgan fingerprint density at radius 1 is 1.37 bits per heavy atom. The molecule has 3 saturated heterocycles. The quantitative estimate of drug-likeness (QED) is 0.360. The maximum Gasteiger partial charge on any atom is 0.220 e. The number of rotatable bonds is 4. The zero-order valence-corrected chi connectivity index (χ0v) is 19.6. The predicted octanol–water partition coefficient (Wildman–Crippen LogP) is 2.29. The molecule has 1 spiro atoms. The first-order valence-corrected chi connectivity index (χ1v) is 10.6. The van der Waals surface area contributed by atoms with E-state index in [1.807, 2.05) is 0 Å². The average Bonchev–Trinajstić information content (AvgIpc) is 2.98. The van der Waals surface area contributed by atoms with E-state index in [9.17, 15) is 4.79 Å². The van der Waals surface area contributed by atoms with Crippen LogP contribution in [0.1, 0.15) is 52.9 Å². The molecule has 3 heterocycles. The molecular formula is C20H38IN5O. The second-order valence-corrected chi connectivity index (χ2v) is 8.77. The summed E-state index contributed by atoms with van der Waals surface area (Å²) in [4.78, 5) is 21.8. The van der Waals surface area contributed by atoms with Crippen molar-refractivity contribution in [3.05, 3.63) is 0 Å². The lowest BCUT2D eigenvalue weighted by atomic mass is 9.79. The molecule has 3 fully saturated rings. The van der Waals surface area contributed by atoms with E-state index in [1.165, 1.54) is 25.9 Å². The number of halogens is 1. The van der Waals surface area contributed by atoms with Gasteiger partial charge in [0.25, 0.3) is 0 Å². The first-order chi connectivity index (χ1) is 12.5. The minimum absolute atomic E-state index is 0. The van der Waals surface area contributed by atoms with Gasteiger partial charge in [-0.15, -0.1) is 24.0 Å². The second kappa shape index (κ2) is 10.3. The third-order valence-electron chi connectivity index (χ3n) is 6.27. The molecule has 2 N–H and O–H groups in total. The van der Waals surface area contributed by atoms with E-state index < -0.39 is 0 Å². The summed E-state index contributed by atoms with van der Waals surface area (Å²) in [7, 11) is 0. The maximum absolute atomic E-state index is 11.8. The van der Waals surface area contributed by atoms with Crippen LogP contribution in [0.3, 0.4) is 0 Å². The molecule has 0 saturated carbocycles. The molecule has 1 amide bonds. The highest BCUT2D eigenvalue weighted by Gasteiger charge is 2.42. The zero-order chi connectivity index (χ0) is 18.6. The fourth-order valence-electron chi connectivity index (χ4n) is 4.79. The molecule has 0 radical (unpaired) electrons. The Morgan fingerprint density at radius 3 is 2.85 bits per heavy atom. The number of aliphatic imine (C=N–C) groups is 1. The number of piperidine rings is 2. The Hall–Kier alpha value is -0.570. The Labute approximate surface area is 181 Å². The number of amides is 1. The smallest absolute Gasteiger partial charge is 0.220 e. The highest BCUT2D eigenvalue weighted by atomic mass is 127. The van der Waals surface area contributed by atoms with Crippen LogP contribution in [0.2, 0.25) is 0 Å². The summed E-state index contributed by atoms with van der Waals surface area (Å²) in [5, 5.41) is 6.54. The summed E-state index contributed by atoms with van der Waals surface area (Å²) in [6, 6.07) is 0.629. The standard InChI is InChI=1S/C20H37N5O.HI/c1-4-21-19(22-12-17-7-5-9-24(13-17)16(2)3)25-10-6-8-20(15-25)11-18(26)23-14-20;/h16-17H,4-15H2,1-3H3,(H,21,22)(H,23,26);1H. The van der Waals surface area contributed by atoms with Crippen molar-refractivity contribution in [1.82, 2.24) is 20.4 Å². The highest BCUT2D eigenvalue weighted by molar-refractivity contribution is 14.0. The largest absolute Gasteiger partial charge is 0.357 e. The number of likely N-dealkylation sites (tertiary alicyclic amines) is 2. The van der Waals surface area contributed by atoms with Gasteiger partial charge in [0, 0.05) is 57.1 Å². The van der Waals surface area contributed by atoms with Crippen LogP contribution in [0, 0.1) is 11.3 Å². The van der Waals surface area contributed by atoms with E-state index in [1.54, 1.807) is 0 Å². The number of nitrogens with one attached hydrogen (secondary N) is 2. The monoisotopic (exact) mass is 491 g/mol. The number of hydrogen-bond acceptors (Lipinski definition) is 3. The maximum atomic E-state index is 11.8. The van der Waals surface area contributed by atoms with Crippen LogP contribution in [0.4, 0.5) is 0 Å². The number of carbonyl (C=O) groups excluding carboxylic acids is 1. The van der Waals surface area contributed by atoms with Gasteiger partial charge in [-0.05, 0) is 58.9 Å². The van der Waals surface area contributed by atoms with Crippen molar-refractivity contribution in [2.24, 2.45) is 16.3 Å². The SMILES string of the molecule is CCNC(=NCC1CCCN(C(C)C)C1)N1CCCC2(CNC(=O)C2)C1.I. The first-order valence-electron chi connectivity index (χ1n) is 10.6. The van der Waals surface area contributed by atoms with Gasteiger partial charge in [0.05, 0.1) is 0 Å². The van der Waals surface area contributed by atoms with Crippen LogP contribution >= 0.6 is 24.0 Å². The normalized spacial score (nSPS) is 29.8. The number of hydrogen-bond donors (Lipinski definition) is 2. The van der Waals surface area contributed by atoms with Gasteiger partial charge in [-0.25, -0.2) is 0 Å². The van der Waals surface area contributed by atoms with E-state index in [0.29, 0.717) is 18.4 Å². The molecule has 0 aliphatic carbocycles. The van der Waals surface area contributed by atoms with E-state index in [2.05, 4.69) is 41.2 Å². The third-order valence-corrected chi connectivity index (χ3v) is 6.27. The van der Waals surface area contributed by atoms with Gasteiger partial charge in [-0.2, -0.15) is 0 Å². The van der Waals surface area contributed by atoms with E-state index in [4.69, 9.17) is 4.99 Å². The second-order valence-electron chi connectivity index (χ2n) is 8.77. The minimum atomic E-state index is 0. The Kier molecular flexibility index (Phi) is 8.65. The number of nitrogens with zero attached hydrogens (tertiary/aromatic N) is 3. The van der Waals surface area contributed by atoms with Crippen LogP contribution in [0.5, 0.6) is 0 Å². The van der Waals surface area contributed by atoms with Crippen LogP contribution < -0.4 is 10.6 Å². The molecular weight excluding hydrogens is 453 g/mol. The van der Waals surface area contributed by atoms with Crippen LogP contribution in [0.15, 0.2) is 4.99 Å². The van der Waals surface area contributed by atoms with Gasteiger partial charge in [0.15, 0.2) is 5.96 Å². The highest BCUT2D eigenvalue weighted by Crippen LogP contribution is 2.36. The first kappa shape index (κ1) is 22.7. The van der Waals surface area contributed by atoms with Crippen molar-refractivity contribution in [3.63, 3.8) is 0 Å². The molecule has 0 bridgehead atoms. The topological polar surface area (TPSA) is 60.0 Å². The molecule has 2 atom stereocenters. The lowest BCUT2D eigenvalue weighted by molar-refractivity contribution is -0.119. The Balaban J connectivity index is 0.00000261. The van der Waals surface area contributed by atoms with Crippen LogP contribution in [-0.2, 0) is 4.79 Å². The molecule has 27 heavy (non-hydrogen) atoms. The van der Waals surface area contributed by atoms with Crippen molar-refractivity contribution in [2.45, 2.75) is 58.9 Å². The molecule has 6 nitrogen and oxygen atoms in total. The van der Waals surface area contributed by atoms with Gasteiger partial charge in [-0.3, -0.25) is 9.79 Å². The summed E-state index contributed by atoms with van der Waals surface area (Å²) >= 11 is 0. The molecule has 2 unspecified atom stereocenters. The third kappa shape index (κ3) is 5.95. The Bertz CT molecular complexity index is 527. The fraction of sp³-hybridized carbons (Fsp3) is 0.900. The summed E-state index contributed by atoms with van der Waals surface area (Å²) in [5.41, 5.74) is 0.116. The Morgan fingerprint density at radius 2 is 2.19 bits per heavy atom. The summed E-state index contributed by atoms with van der Waals surface area (Å²) < 4.78 is 0. The lowest BCUT2D eigenvalue weighted by Crippen LogP contribution is -2.51. The van der Waals surface area contributed by atoms with Crippen molar-refractivity contribution < 1.29 is 4.79 Å². The molecule has 0 aromatic rings. The van der Waals surface area contributed by atoms with Gasteiger partial charge in [-0.1, -0.05) is 0 Å².